The first-order valence-electron chi connectivity index (χ1n) is 4.44. The van der Waals surface area contributed by atoms with E-state index in [4.69, 9.17) is 9.84 Å². The first-order chi connectivity index (χ1) is 7.00. The van der Waals surface area contributed by atoms with E-state index in [1.165, 1.54) is 6.21 Å². The standard InChI is InChI=1S/C9H12N2O4/c1-5(2)15-9(14)7-4-10-3-6(11-7)8(12)13/h3-5,7,11H,1-2H3,(H,12,13). The molecule has 1 unspecified atom stereocenters. The number of carboxylic acids is 1. The van der Waals surface area contributed by atoms with Crippen LogP contribution in [-0.4, -0.2) is 35.4 Å². The summed E-state index contributed by atoms with van der Waals surface area (Å²) in [4.78, 5) is 25.6. The average Bonchev–Trinajstić information content (AvgIpc) is 2.17. The molecule has 1 heterocycles. The van der Waals surface area contributed by atoms with E-state index >= 15 is 0 Å². The molecule has 6 nitrogen and oxygen atoms in total. The van der Waals surface area contributed by atoms with Crippen LogP contribution in [0.3, 0.4) is 0 Å². The largest absolute Gasteiger partial charge is 0.477 e. The Morgan fingerprint density at radius 2 is 2.27 bits per heavy atom. The summed E-state index contributed by atoms with van der Waals surface area (Å²) in [5, 5.41) is 11.2. The highest BCUT2D eigenvalue weighted by atomic mass is 16.5. The summed E-state index contributed by atoms with van der Waals surface area (Å²) in [5.41, 5.74) is -0.122. The maximum absolute atomic E-state index is 11.4. The van der Waals surface area contributed by atoms with Crippen LogP contribution in [0.4, 0.5) is 0 Å². The van der Waals surface area contributed by atoms with Crippen molar-refractivity contribution in [1.29, 1.82) is 0 Å². The molecule has 0 saturated heterocycles. The number of aliphatic imine (C=N–C) groups is 1. The van der Waals surface area contributed by atoms with Crippen LogP contribution >= 0.6 is 0 Å². The van der Waals surface area contributed by atoms with Crippen molar-refractivity contribution in [3.05, 3.63) is 11.9 Å². The number of nitrogens with zero attached hydrogens (tertiary/aromatic N) is 1. The first kappa shape index (κ1) is 11.2. The minimum absolute atomic E-state index is 0.122. The number of rotatable bonds is 3. The van der Waals surface area contributed by atoms with Crippen LogP contribution in [0.15, 0.2) is 16.9 Å². The molecule has 0 aromatic heterocycles. The Hall–Kier alpha value is -1.85. The lowest BCUT2D eigenvalue weighted by Gasteiger charge is -2.18. The van der Waals surface area contributed by atoms with E-state index in [0.717, 1.165) is 6.20 Å². The molecule has 2 N–H and O–H groups in total. The van der Waals surface area contributed by atoms with E-state index < -0.39 is 18.0 Å². The van der Waals surface area contributed by atoms with Crippen molar-refractivity contribution in [1.82, 2.24) is 5.32 Å². The zero-order chi connectivity index (χ0) is 11.4. The van der Waals surface area contributed by atoms with Crippen molar-refractivity contribution in [2.24, 2.45) is 4.99 Å². The van der Waals surface area contributed by atoms with Crippen LogP contribution in [0.5, 0.6) is 0 Å². The van der Waals surface area contributed by atoms with Crippen molar-refractivity contribution >= 4 is 18.2 Å². The highest BCUT2D eigenvalue weighted by molar-refractivity contribution is 5.98. The SMILES string of the molecule is CC(C)OC(=O)C1C=NC=C(C(=O)O)N1. The van der Waals surface area contributed by atoms with Gasteiger partial charge in [0, 0.05) is 6.21 Å². The normalized spacial score (nSPS) is 19.4. The van der Waals surface area contributed by atoms with E-state index in [9.17, 15) is 9.59 Å². The molecule has 0 saturated carbocycles. The molecule has 6 heteroatoms. The molecule has 0 bridgehead atoms. The average molecular weight is 212 g/mol. The quantitative estimate of drug-likeness (QED) is 0.638. The summed E-state index contributed by atoms with van der Waals surface area (Å²) in [6.45, 7) is 3.43. The summed E-state index contributed by atoms with van der Waals surface area (Å²) in [5.74, 6) is -1.70. The van der Waals surface area contributed by atoms with Crippen LogP contribution in [0, 0.1) is 0 Å². The van der Waals surface area contributed by atoms with Crippen molar-refractivity contribution in [3.8, 4) is 0 Å². The molecule has 0 aliphatic carbocycles. The maximum Gasteiger partial charge on any atom is 0.353 e. The van der Waals surface area contributed by atoms with Crippen molar-refractivity contribution < 1.29 is 19.4 Å². The molecule has 0 aromatic rings. The highest BCUT2D eigenvalue weighted by Gasteiger charge is 2.24. The molecule has 0 aromatic carbocycles. The van der Waals surface area contributed by atoms with E-state index in [0.29, 0.717) is 0 Å². The lowest BCUT2D eigenvalue weighted by molar-refractivity contribution is -0.147. The van der Waals surface area contributed by atoms with Gasteiger partial charge in [-0.25, -0.2) is 9.59 Å². The Balaban J connectivity index is 2.62. The molecule has 0 fully saturated rings. The number of aliphatic carboxylic acids is 1. The third kappa shape index (κ3) is 3.08. The van der Waals surface area contributed by atoms with Crippen molar-refractivity contribution in [3.63, 3.8) is 0 Å². The van der Waals surface area contributed by atoms with Gasteiger partial charge in [0.25, 0.3) is 0 Å². The van der Waals surface area contributed by atoms with Gasteiger partial charge in [-0.3, -0.25) is 4.99 Å². The predicted octanol–water partition coefficient (Wildman–Crippen LogP) is -0.0934. The molecular formula is C9H12N2O4. The lowest BCUT2D eigenvalue weighted by atomic mass is 10.2. The zero-order valence-corrected chi connectivity index (χ0v) is 8.43. The highest BCUT2D eigenvalue weighted by Crippen LogP contribution is 2.02. The van der Waals surface area contributed by atoms with E-state index in [-0.39, 0.29) is 11.8 Å². The van der Waals surface area contributed by atoms with Crippen LogP contribution in [-0.2, 0) is 14.3 Å². The monoisotopic (exact) mass is 212 g/mol. The van der Waals surface area contributed by atoms with Gasteiger partial charge in [0.05, 0.1) is 12.3 Å². The molecule has 1 aliphatic rings. The van der Waals surface area contributed by atoms with E-state index in [1.807, 2.05) is 0 Å². The van der Waals surface area contributed by atoms with Gasteiger partial charge in [-0.1, -0.05) is 0 Å². The summed E-state index contributed by atoms with van der Waals surface area (Å²) < 4.78 is 4.90. The smallest absolute Gasteiger partial charge is 0.353 e. The Kier molecular flexibility index (Phi) is 3.43. The summed E-state index contributed by atoms with van der Waals surface area (Å²) in [6.07, 6.45) is 2.20. The summed E-state index contributed by atoms with van der Waals surface area (Å²) >= 11 is 0. The third-order valence-corrected chi connectivity index (χ3v) is 1.59. The maximum atomic E-state index is 11.4. The molecule has 82 valence electrons. The van der Waals surface area contributed by atoms with Gasteiger partial charge >= 0.3 is 11.9 Å². The molecular weight excluding hydrogens is 200 g/mol. The van der Waals surface area contributed by atoms with Gasteiger partial charge in [-0.15, -0.1) is 0 Å². The second-order valence-electron chi connectivity index (χ2n) is 3.25. The van der Waals surface area contributed by atoms with Crippen LogP contribution in [0.1, 0.15) is 13.8 Å². The molecule has 0 amide bonds. The number of carbonyl (C=O) groups excluding carboxylic acids is 1. The Morgan fingerprint density at radius 1 is 1.60 bits per heavy atom. The van der Waals surface area contributed by atoms with Gasteiger partial charge in [-0.05, 0) is 13.8 Å². The second kappa shape index (κ2) is 4.59. The van der Waals surface area contributed by atoms with Gasteiger partial charge in [0.15, 0.2) is 6.04 Å². The Morgan fingerprint density at radius 3 is 2.80 bits per heavy atom. The van der Waals surface area contributed by atoms with Gasteiger partial charge < -0.3 is 15.2 Å². The number of esters is 1. The van der Waals surface area contributed by atoms with Gasteiger partial charge in [-0.2, -0.15) is 0 Å². The molecule has 0 radical (unpaired) electrons. The topological polar surface area (TPSA) is 88.0 Å². The number of hydrogen-bond donors (Lipinski definition) is 2. The van der Waals surface area contributed by atoms with Crippen LogP contribution < -0.4 is 5.32 Å². The molecule has 1 atom stereocenters. The first-order valence-corrected chi connectivity index (χ1v) is 4.44. The molecule has 15 heavy (non-hydrogen) atoms. The predicted molar refractivity (Wildman–Crippen MR) is 52.4 cm³/mol. The fourth-order valence-electron chi connectivity index (χ4n) is 0.988. The number of carbonyl (C=O) groups is 2. The number of nitrogens with one attached hydrogen (secondary N) is 1. The molecule has 0 spiro atoms. The number of hydrogen-bond acceptors (Lipinski definition) is 5. The van der Waals surface area contributed by atoms with Crippen molar-refractivity contribution in [2.75, 3.05) is 0 Å². The van der Waals surface area contributed by atoms with Crippen molar-refractivity contribution in [2.45, 2.75) is 26.0 Å². The fourth-order valence-corrected chi connectivity index (χ4v) is 0.988. The third-order valence-electron chi connectivity index (χ3n) is 1.59. The number of ether oxygens (including phenoxy) is 1. The Labute approximate surface area is 86.6 Å². The van der Waals surface area contributed by atoms with E-state index in [2.05, 4.69) is 10.3 Å². The lowest BCUT2D eigenvalue weighted by Crippen LogP contribution is -2.42. The van der Waals surface area contributed by atoms with Crippen LogP contribution in [0.25, 0.3) is 0 Å². The minimum atomic E-state index is -1.16. The zero-order valence-electron chi connectivity index (χ0n) is 8.43. The molecule has 1 rings (SSSR count). The second-order valence-corrected chi connectivity index (χ2v) is 3.25. The summed E-state index contributed by atoms with van der Waals surface area (Å²) in [6, 6.07) is -0.830. The molecule has 1 aliphatic heterocycles. The number of carboxylic acid groups (broad SMARTS) is 1. The van der Waals surface area contributed by atoms with Gasteiger partial charge in [0.1, 0.15) is 5.70 Å². The summed E-state index contributed by atoms with van der Waals surface area (Å²) in [7, 11) is 0. The fraction of sp³-hybridized carbons (Fsp3) is 0.444. The Bertz CT molecular complexity index is 333. The van der Waals surface area contributed by atoms with E-state index in [1.54, 1.807) is 13.8 Å². The van der Waals surface area contributed by atoms with Crippen LogP contribution in [0.2, 0.25) is 0 Å². The van der Waals surface area contributed by atoms with Gasteiger partial charge in [0.2, 0.25) is 0 Å². The minimum Gasteiger partial charge on any atom is -0.477 e.